The molecule has 0 bridgehead atoms. The number of piperidine rings is 1. The number of likely N-dealkylation sites (tertiary alicyclic amines) is 1. The lowest BCUT2D eigenvalue weighted by Crippen LogP contribution is -2.56. The molecule has 1 aliphatic heterocycles. The highest BCUT2D eigenvalue weighted by molar-refractivity contribution is 5.68. The number of aromatic nitrogens is 3. The summed E-state index contributed by atoms with van der Waals surface area (Å²) in [4.78, 5) is 15.1. The molecule has 0 saturated carbocycles. The average Bonchev–Trinajstić information content (AvgIpc) is 2.82. The van der Waals surface area contributed by atoms with Crippen LogP contribution >= 0.6 is 0 Å². The molecule has 8 nitrogen and oxygen atoms in total. The van der Waals surface area contributed by atoms with Crippen LogP contribution < -0.4 is 5.73 Å². The Bertz CT molecular complexity index is 539. The zero-order valence-electron chi connectivity index (χ0n) is 13.6. The molecule has 0 spiro atoms. The van der Waals surface area contributed by atoms with Crippen LogP contribution in [0.15, 0.2) is 6.20 Å². The van der Waals surface area contributed by atoms with Crippen molar-refractivity contribution in [1.82, 2.24) is 19.9 Å². The van der Waals surface area contributed by atoms with E-state index in [4.69, 9.17) is 10.5 Å². The Balaban J connectivity index is 2.09. The lowest BCUT2D eigenvalue weighted by molar-refractivity contribution is -0.0583. The smallest absolute Gasteiger partial charge is 0.410 e. The molecule has 1 aromatic rings. The highest BCUT2D eigenvalue weighted by Gasteiger charge is 2.43. The van der Waals surface area contributed by atoms with Crippen LogP contribution in [0.2, 0.25) is 0 Å². The quantitative estimate of drug-likeness (QED) is 0.827. The van der Waals surface area contributed by atoms with Crippen LogP contribution in [0.25, 0.3) is 0 Å². The van der Waals surface area contributed by atoms with E-state index in [9.17, 15) is 9.90 Å². The number of aryl methyl sites for hydroxylation is 1. The van der Waals surface area contributed by atoms with Gasteiger partial charge in [0.1, 0.15) is 16.9 Å². The maximum Gasteiger partial charge on any atom is 0.410 e. The molecule has 0 aliphatic carbocycles. The van der Waals surface area contributed by atoms with E-state index in [1.54, 1.807) is 7.05 Å². The number of carbonyl (C=O) groups excluding carboxylic acids is 1. The van der Waals surface area contributed by atoms with Crippen LogP contribution in [0.4, 0.5) is 4.79 Å². The van der Waals surface area contributed by atoms with Crippen LogP contribution in [-0.4, -0.2) is 55.4 Å². The second kappa shape index (κ2) is 5.85. The summed E-state index contributed by atoms with van der Waals surface area (Å²) < 4.78 is 5.36. The number of nitrogens with two attached hydrogens (primary N) is 1. The van der Waals surface area contributed by atoms with Crippen molar-refractivity contribution in [2.75, 3.05) is 13.1 Å². The first-order valence-electron chi connectivity index (χ1n) is 7.43. The molecule has 1 aliphatic rings. The van der Waals surface area contributed by atoms with Gasteiger partial charge in [0.05, 0.1) is 18.8 Å². The van der Waals surface area contributed by atoms with E-state index in [1.165, 1.54) is 15.9 Å². The average molecular weight is 311 g/mol. The van der Waals surface area contributed by atoms with Gasteiger partial charge in [0, 0.05) is 13.6 Å². The Morgan fingerprint density at radius 1 is 1.55 bits per heavy atom. The summed E-state index contributed by atoms with van der Waals surface area (Å²) in [6, 6.07) is -0.702. The third kappa shape index (κ3) is 3.75. The molecule has 2 atom stereocenters. The molecular weight excluding hydrogens is 286 g/mol. The van der Waals surface area contributed by atoms with Crippen LogP contribution in [0.1, 0.15) is 45.3 Å². The normalized spacial score (nSPS) is 24.2. The number of aliphatic hydroxyl groups is 1. The van der Waals surface area contributed by atoms with Gasteiger partial charge in [-0.1, -0.05) is 0 Å². The summed E-state index contributed by atoms with van der Waals surface area (Å²) in [6.07, 6.45) is 2.26. The number of hydrogen-bond acceptors (Lipinski definition) is 6. The Morgan fingerprint density at radius 3 is 2.77 bits per heavy atom. The third-order valence-electron chi connectivity index (χ3n) is 3.67. The van der Waals surface area contributed by atoms with Crippen molar-refractivity contribution in [3.8, 4) is 0 Å². The molecule has 8 heteroatoms. The van der Waals surface area contributed by atoms with Gasteiger partial charge in [-0.2, -0.15) is 15.0 Å². The van der Waals surface area contributed by atoms with E-state index in [0.29, 0.717) is 25.1 Å². The van der Waals surface area contributed by atoms with Crippen molar-refractivity contribution in [2.24, 2.45) is 12.8 Å². The van der Waals surface area contributed by atoms with Gasteiger partial charge in [0.2, 0.25) is 0 Å². The summed E-state index contributed by atoms with van der Waals surface area (Å²) in [5, 5.41) is 19.0. The fourth-order valence-electron chi connectivity index (χ4n) is 2.58. The molecule has 2 heterocycles. The van der Waals surface area contributed by atoms with E-state index in [-0.39, 0.29) is 6.54 Å². The van der Waals surface area contributed by atoms with Crippen LogP contribution in [0, 0.1) is 0 Å². The number of nitrogens with zero attached hydrogens (tertiary/aromatic N) is 4. The second-order valence-corrected chi connectivity index (χ2v) is 6.85. The van der Waals surface area contributed by atoms with Crippen molar-refractivity contribution >= 4 is 6.09 Å². The fraction of sp³-hybridized carbons (Fsp3) is 0.786. The van der Waals surface area contributed by atoms with Gasteiger partial charge in [-0.25, -0.2) is 4.79 Å². The van der Waals surface area contributed by atoms with E-state index in [2.05, 4.69) is 10.2 Å². The topological polar surface area (TPSA) is 106 Å². The van der Waals surface area contributed by atoms with Crippen molar-refractivity contribution in [3.63, 3.8) is 0 Å². The Hall–Kier alpha value is -1.67. The molecule has 2 rings (SSSR count). The maximum absolute atomic E-state index is 12.2. The van der Waals surface area contributed by atoms with Crippen LogP contribution in [-0.2, 0) is 11.8 Å². The molecule has 1 aromatic heterocycles. The number of amides is 1. The summed E-state index contributed by atoms with van der Waals surface area (Å²) in [5.74, 6) is 0. The number of hydrogen-bond donors (Lipinski definition) is 2. The predicted molar refractivity (Wildman–Crippen MR) is 79.9 cm³/mol. The van der Waals surface area contributed by atoms with Crippen molar-refractivity contribution in [2.45, 2.75) is 50.9 Å². The third-order valence-corrected chi connectivity index (χ3v) is 3.67. The lowest BCUT2D eigenvalue weighted by Gasteiger charge is -2.42. The summed E-state index contributed by atoms with van der Waals surface area (Å²) in [6.45, 7) is 6.11. The van der Waals surface area contributed by atoms with E-state index in [0.717, 1.165) is 0 Å². The first-order chi connectivity index (χ1) is 10.1. The minimum absolute atomic E-state index is 0.125. The van der Waals surface area contributed by atoms with Crippen molar-refractivity contribution in [1.29, 1.82) is 0 Å². The monoisotopic (exact) mass is 311 g/mol. The fourth-order valence-corrected chi connectivity index (χ4v) is 2.58. The highest BCUT2D eigenvalue weighted by Crippen LogP contribution is 2.31. The maximum atomic E-state index is 12.2. The van der Waals surface area contributed by atoms with Gasteiger partial charge in [-0.05, 0) is 33.6 Å². The predicted octanol–water partition coefficient (Wildman–Crippen LogP) is 0.577. The van der Waals surface area contributed by atoms with Crippen molar-refractivity contribution in [3.05, 3.63) is 11.9 Å². The Labute approximate surface area is 130 Å². The van der Waals surface area contributed by atoms with E-state index >= 15 is 0 Å². The zero-order chi connectivity index (χ0) is 16.5. The first kappa shape index (κ1) is 16.7. The largest absolute Gasteiger partial charge is 0.444 e. The molecule has 22 heavy (non-hydrogen) atoms. The van der Waals surface area contributed by atoms with Gasteiger partial charge in [-0.3, -0.25) is 0 Å². The lowest BCUT2D eigenvalue weighted by atomic mass is 9.85. The van der Waals surface area contributed by atoms with E-state index in [1.807, 2.05) is 20.8 Å². The molecule has 0 radical (unpaired) electrons. The number of carbonyl (C=O) groups is 1. The standard InChI is InChI=1S/C14H25N5O3/c1-13(2,3)22-12(20)19-7-5-6-14(21,9-19)11(15)10-8-16-18(4)17-10/h8,11,21H,5-7,9,15H2,1-4H3. The molecule has 1 amide bonds. The SMILES string of the molecule is Cn1ncc(C(N)C2(O)CCCN(C(=O)OC(C)(C)C)C2)n1. The van der Waals surface area contributed by atoms with Gasteiger partial charge in [0.25, 0.3) is 0 Å². The second-order valence-electron chi connectivity index (χ2n) is 6.85. The molecule has 1 saturated heterocycles. The first-order valence-corrected chi connectivity index (χ1v) is 7.43. The number of rotatable bonds is 2. The summed E-state index contributed by atoms with van der Waals surface area (Å²) >= 11 is 0. The van der Waals surface area contributed by atoms with Gasteiger partial charge in [0.15, 0.2) is 0 Å². The molecule has 124 valence electrons. The summed E-state index contributed by atoms with van der Waals surface area (Å²) in [5.41, 5.74) is 4.87. The van der Waals surface area contributed by atoms with E-state index < -0.39 is 23.3 Å². The summed E-state index contributed by atoms with van der Waals surface area (Å²) in [7, 11) is 1.69. The molecule has 0 aromatic carbocycles. The van der Waals surface area contributed by atoms with Gasteiger partial charge >= 0.3 is 6.09 Å². The minimum Gasteiger partial charge on any atom is -0.444 e. The molecule has 2 unspecified atom stereocenters. The van der Waals surface area contributed by atoms with Crippen LogP contribution in [0.3, 0.4) is 0 Å². The van der Waals surface area contributed by atoms with Crippen molar-refractivity contribution < 1.29 is 14.6 Å². The van der Waals surface area contributed by atoms with Gasteiger partial charge < -0.3 is 20.5 Å². The Morgan fingerprint density at radius 2 is 2.23 bits per heavy atom. The molecular formula is C14H25N5O3. The number of ether oxygens (including phenoxy) is 1. The highest BCUT2D eigenvalue weighted by atomic mass is 16.6. The molecule has 1 fully saturated rings. The van der Waals surface area contributed by atoms with Crippen LogP contribution in [0.5, 0.6) is 0 Å². The minimum atomic E-state index is -1.23. The zero-order valence-corrected chi connectivity index (χ0v) is 13.6. The number of β-amino-alcohol motifs (C(OH)–C–C–N with tert-alkyl or cyclic N) is 1. The Kier molecular flexibility index (Phi) is 4.44. The molecule has 3 N–H and O–H groups in total. The van der Waals surface area contributed by atoms with Gasteiger partial charge in [-0.15, -0.1) is 0 Å².